The summed E-state index contributed by atoms with van der Waals surface area (Å²) in [5, 5.41) is 8.12. The van der Waals surface area contributed by atoms with Crippen LogP contribution in [0.1, 0.15) is 11.6 Å². The van der Waals surface area contributed by atoms with Gasteiger partial charge in [-0.1, -0.05) is 30.3 Å². The van der Waals surface area contributed by atoms with Gasteiger partial charge in [-0.25, -0.2) is 4.39 Å². The Bertz CT molecular complexity index is 659. The lowest BCUT2D eigenvalue weighted by Crippen LogP contribution is -2.39. The number of benzene rings is 2. The second-order valence-corrected chi connectivity index (χ2v) is 4.89. The highest BCUT2D eigenvalue weighted by molar-refractivity contribution is 5.95. The summed E-state index contributed by atoms with van der Waals surface area (Å²) >= 11 is 0. The molecule has 0 heterocycles. The molecular weight excluding hydrogens is 297 g/mol. The van der Waals surface area contributed by atoms with E-state index in [2.05, 4.69) is 16.0 Å². The van der Waals surface area contributed by atoms with E-state index < -0.39 is 6.04 Å². The van der Waals surface area contributed by atoms with E-state index in [1.54, 1.807) is 12.1 Å². The number of amides is 2. The van der Waals surface area contributed by atoms with Crippen LogP contribution in [0, 0.1) is 5.82 Å². The number of hydrogen-bond donors (Lipinski definition) is 3. The zero-order valence-electron chi connectivity index (χ0n) is 12.7. The van der Waals surface area contributed by atoms with E-state index in [-0.39, 0.29) is 24.2 Å². The van der Waals surface area contributed by atoms with Gasteiger partial charge in [0.1, 0.15) is 11.9 Å². The number of carbonyl (C=O) groups is 2. The monoisotopic (exact) mass is 315 g/mol. The Balaban J connectivity index is 2.13. The van der Waals surface area contributed by atoms with Crippen LogP contribution in [0.2, 0.25) is 0 Å². The lowest BCUT2D eigenvalue weighted by molar-refractivity contribution is -0.120. The van der Waals surface area contributed by atoms with Gasteiger partial charge >= 0.3 is 0 Å². The van der Waals surface area contributed by atoms with E-state index in [0.29, 0.717) is 5.69 Å². The molecule has 0 saturated carbocycles. The normalized spacial score (nSPS) is 11.6. The van der Waals surface area contributed by atoms with Crippen LogP contribution in [0.4, 0.5) is 10.1 Å². The molecule has 0 unspecified atom stereocenters. The molecule has 0 spiro atoms. The van der Waals surface area contributed by atoms with Crippen LogP contribution in [0.25, 0.3) is 0 Å². The minimum atomic E-state index is -0.696. The molecule has 23 heavy (non-hydrogen) atoms. The summed E-state index contributed by atoms with van der Waals surface area (Å²) in [5.74, 6) is -0.924. The number of anilines is 1. The largest absolute Gasteiger partial charge is 0.358 e. The summed E-state index contributed by atoms with van der Waals surface area (Å²) in [5.41, 5.74) is 1.22. The Kier molecular flexibility index (Phi) is 5.82. The van der Waals surface area contributed by atoms with Crippen LogP contribution in [0.5, 0.6) is 0 Å². The highest BCUT2D eigenvalue weighted by Crippen LogP contribution is 2.16. The number of rotatable bonds is 6. The summed E-state index contributed by atoms with van der Waals surface area (Å²) in [6.07, 6.45) is 0. The maximum absolute atomic E-state index is 12.9. The lowest BCUT2D eigenvalue weighted by atomic mass is 10.1. The molecule has 0 aliphatic carbocycles. The lowest BCUT2D eigenvalue weighted by Gasteiger charge is -2.18. The highest BCUT2D eigenvalue weighted by atomic mass is 19.1. The van der Waals surface area contributed by atoms with E-state index in [1.165, 1.54) is 31.3 Å². The van der Waals surface area contributed by atoms with Crippen LogP contribution in [0.15, 0.2) is 54.6 Å². The molecular formula is C17H18FN3O2. The fourth-order valence-electron chi connectivity index (χ4n) is 2.04. The van der Waals surface area contributed by atoms with Crippen LogP contribution < -0.4 is 16.0 Å². The highest BCUT2D eigenvalue weighted by Gasteiger charge is 2.20. The van der Waals surface area contributed by atoms with Crippen molar-refractivity contribution in [3.63, 3.8) is 0 Å². The molecule has 0 aliphatic heterocycles. The molecule has 120 valence electrons. The molecule has 2 aromatic rings. The molecule has 5 nitrogen and oxygen atoms in total. The van der Waals surface area contributed by atoms with E-state index >= 15 is 0 Å². The molecule has 2 rings (SSSR count). The van der Waals surface area contributed by atoms with Gasteiger partial charge in [-0.3, -0.25) is 14.9 Å². The Hall–Kier alpha value is -2.73. The Morgan fingerprint density at radius 2 is 1.70 bits per heavy atom. The van der Waals surface area contributed by atoms with Gasteiger partial charge in [-0.05, 0) is 29.8 Å². The van der Waals surface area contributed by atoms with Crippen LogP contribution >= 0.6 is 0 Å². The van der Waals surface area contributed by atoms with Gasteiger partial charge < -0.3 is 10.6 Å². The summed E-state index contributed by atoms with van der Waals surface area (Å²) < 4.78 is 12.9. The smallest absolute Gasteiger partial charge is 0.246 e. The summed E-state index contributed by atoms with van der Waals surface area (Å²) in [7, 11) is 1.53. The van der Waals surface area contributed by atoms with E-state index in [1.807, 2.05) is 18.2 Å². The van der Waals surface area contributed by atoms with Gasteiger partial charge in [0.25, 0.3) is 0 Å². The molecule has 2 amide bonds. The molecule has 6 heteroatoms. The van der Waals surface area contributed by atoms with E-state index in [4.69, 9.17) is 0 Å². The zero-order chi connectivity index (χ0) is 16.7. The summed E-state index contributed by atoms with van der Waals surface area (Å²) in [6.45, 7) is 0.00684. The van der Waals surface area contributed by atoms with Crippen LogP contribution in [-0.4, -0.2) is 25.4 Å². The first-order valence-electron chi connectivity index (χ1n) is 7.15. The van der Waals surface area contributed by atoms with Crippen molar-refractivity contribution in [2.45, 2.75) is 6.04 Å². The Morgan fingerprint density at radius 3 is 2.30 bits per heavy atom. The van der Waals surface area contributed by atoms with Crippen molar-refractivity contribution in [3.05, 3.63) is 66.0 Å². The van der Waals surface area contributed by atoms with Gasteiger partial charge in [0, 0.05) is 12.7 Å². The molecule has 1 atom stereocenters. The van der Waals surface area contributed by atoms with Crippen molar-refractivity contribution in [2.75, 3.05) is 18.9 Å². The number of carbonyl (C=O) groups excluding carboxylic acids is 2. The Labute approximate surface area is 133 Å². The van der Waals surface area contributed by atoms with Gasteiger partial charge in [0.15, 0.2) is 0 Å². The third-order valence-corrected chi connectivity index (χ3v) is 3.25. The molecule has 0 fully saturated rings. The minimum absolute atomic E-state index is 0.00684. The Morgan fingerprint density at radius 1 is 1.04 bits per heavy atom. The summed E-state index contributed by atoms with van der Waals surface area (Å²) in [6, 6.07) is 13.9. The first kappa shape index (κ1) is 16.6. The van der Waals surface area contributed by atoms with E-state index in [0.717, 1.165) is 5.56 Å². The third kappa shape index (κ3) is 4.89. The molecule has 0 bridgehead atoms. The number of halogens is 1. The standard InChI is InChI=1S/C17H18FN3O2/c1-19-15(22)11-20-16(12-5-3-2-4-6-12)17(23)21-14-9-7-13(18)8-10-14/h2-10,16,20H,11H2,1H3,(H,19,22)(H,21,23)/t16-/m0/s1. The number of nitrogens with one attached hydrogen (secondary N) is 3. The first-order chi connectivity index (χ1) is 11.1. The second-order valence-electron chi connectivity index (χ2n) is 4.89. The maximum Gasteiger partial charge on any atom is 0.246 e. The third-order valence-electron chi connectivity index (χ3n) is 3.25. The quantitative estimate of drug-likeness (QED) is 0.762. The van der Waals surface area contributed by atoms with E-state index in [9.17, 15) is 14.0 Å². The zero-order valence-corrected chi connectivity index (χ0v) is 12.7. The van der Waals surface area contributed by atoms with Crippen molar-refractivity contribution in [2.24, 2.45) is 0 Å². The van der Waals surface area contributed by atoms with Crippen molar-refractivity contribution >= 4 is 17.5 Å². The predicted octanol–water partition coefficient (Wildman–Crippen LogP) is 1.84. The molecule has 0 saturated heterocycles. The van der Waals surface area contributed by atoms with Gasteiger partial charge in [-0.15, -0.1) is 0 Å². The molecule has 3 N–H and O–H groups in total. The average molecular weight is 315 g/mol. The van der Waals surface area contributed by atoms with Gasteiger partial charge in [-0.2, -0.15) is 0 Å². The van der Waals surface area contributed by atoms with Gasteiger partial charge in [0.05, 0.1) is 6.54 Å². The fourth-order valence-corrected chi connectivity index (χ4v) is 2.04. The SMILES string of the molecule is CNC(=O)CN[C@H](C(=O)Nc1ccc(F)cc1)c1ccccc1. The van der Waals surface area contributed by atoms with Crippen molar-refractivity contribution in [3.8, 4) is 0 Å². The molecule has 0 aromatic heterocycles. The summed E-state index contributed by atoms with van der Waals surface area (Å²) in [4.78, 5) is 23.9. The minimum Gasteiger partial charge on any atom is -0.358 e. The maximum atomic E-state index is 12.9. The van der Waals surface area contributed by atoms with Crippen molar-refractivity contribution < 1.29 is 14.0 Å². The molecule has 0 radical (unpaired) electrons. The van der Waals surface area contributed by atoms with Crippen molar-refractivity contribution in [1.29, 1.82) is 0 Å². The average Bonchev–Trinajstić information content (AvgIpc) is 2.58. The van der Waals surface area contributed by atoms with Crippen LogP contribution in [0.3, 0.4) is 0 Å². The topological polar surface area (TPSA) is 70.2 Å². The molecule has 0 aliphatic rings. The van der Waals surface area contributed by atoms with Gasteiger partial charge in [0.2, 0.25) is 11.8 Å². The van der Waals surface area contributed by atoms with Crippen LogP contribution in [-0.2, 0) is 9.59 Å². The van der Waals surface area contributed by atoms with Crippen molar-refractivity contribution in [1.82, 2.24) is 10.6 Å². The predicted molar refractivity (Wildman–Crippen MR) is 86.3 cm³/mol. The second kappa shape index (κ2) is 8.05. The number of hydrogen-bond acceptors (Lipinski definition) is 3. The first-order valence-corrected chi connectivity index (χ1v) is 7.15. The fraction of sp³-hybridized carbons (Fsp3) is 0.176. The molecule has 2 aromatic carbocycles. The number of likely N-dealkylation sites (N-methyl/N-ethyl adjacent to an activating group) is 1.